The van der Waals surface area contributed by atoms with E-state index in [1.54, 1.807) is 43.3 Å². The molecule has 0 saturated carbocycles. The Morgan fingerprint density at radius 2 is 1.89 bits per heavy atom. The summed E-state index contributed by atoms with van der Waals surface area (Å²) < 4.78 is 23.5. The molecule has 1 aromatic carbocycles. The summed E-state index contributed by atoms with van der Waals surface area (Å²) in [5.41, 5.74) is 0.0275. The molecule has 0 aliphatic rings. The maximum Gasteiger partial charge on any atom is 0.345 e. The Morgan fingerprint density at radius 3 is 2.54 bits per heavy atom. The lowest BCUT2D eigenvalue weighted by molar-refractivity contribution is 0.0695. The summed E-state index contributed by atoms with van der Waals surface area (Å²) in [6.07, 6.45) is 1.48. The zero-order valence-corrected chi connectivity index (χ0v) is 15.0. The first-order valence-corrected chi connectivity index (χ1v) is 8.42. The van der Waals surface area contributed by atoms with Crippen molar-refractivity contribution >= 4 is 17.4 Å². The second kappa shape index (κ2) is 8.38. The highest BCUT2D eigenvalue weighted by Crippen LogP contribution is 2.18. The molecule has 2 N–H and O–H groups in total. The van der Waals surface area contributed by atoms with Crippen LogP contribution < -0.4 is 20.3 Å². The van der Waals surface area contributed by atoms with Gasteiger partial charge in [-0.25, -0.2) is 14.2 Å². The fourth-order valence-electron chi connectivity index (χ4n) is 2.65. The lowest BCUT2D eigenvalue weighted by atomic mass is 10.2. The van der Waals surface area contributed by atoms with Crippen molar-refractivity contribution in [2.24, 2.45) is 0 Å². The Balaban J connectivity index is 1.73. The Morgan fingerprint density at radius 1 is 1.21 bits per heavy atom. The number of hydrogen-bond acceptors (Lipinski definition) is 6. The lowest BCUT2D eigenvalue weighted by Gasteiger charge is -2.12. The highest BCUT2D eigenvalue weighted by Gasteiger charge is 2.19. The van der Waals surface area contributed by atoms with E-state index in [-0.39, 0.29) is 19.0 Å². The van der Waals surface area contributed by atoms with Crippen LogP contribution in [0.25, 0.3) is 5.65 Å². The molecule has 8 nitrogen and oxygen atoms in total. The number of aryl methyl sites for hydroxylation is 1. The van der Waals surface area contributed by atoms with Crippen molar-refractivity contribution in [3.63, 3.8) is 0 Å². The molecule has 0 aliphatic heterocycles. The number of carboxylic acid groups (broad SMARTS) is 1. The van der Waals surface area contributed by atoms with Crippen molar-refractivity contribution in [1.82, 2.24) is 9.38 Å². The average molecular weight is 387 g/mol. The fourth-order valence-corrected chi connectivity index (χ4v) is 2.65. The predicted molar refractivity (Wildman–Crippen MR) is 100 cm³/mol. The number of halogens is 1. The summed E-state index contributed by atoms with van der Waals surface area (Å²) in [5.74, 6) is -0.452. The molecule has 9 heteroatoms. The van der Waals surface area contributed by atoms with Gasteiger partial charge in [-0.15, -0.1) is 0 Å². The summed E-state index contributed by atoms with van der Waals surface area (Å²) >= 11 is 0. The Labute approximate surface area is 159 Å². The summed E-state index contributed by atoms with van der Waals surface area (Å²) in [4.78, 5) is 28.4. The van der Waals surface area contributed by atoms with Crippen LogP contribution in [-0.4, -0.2) is 40.5 Å². The van der Waals surface area contributed by atoms with Crippen LogP contribution in [0, 0.1) is 6.92 Å². The van der Waals surface area contributed by atoms with Crippen LogP contribution >= 0.6 is 0 Å². The second-order valence-electron chi connectivity index (χ2n) is 5.83. The van der Waals surface area contributed by atoms with Crippen molar-refractivity contribution in [2.75, 3.05) is 25.3 Å². The number of alkyl halides is 1. The van der Waals surface area contributed by atoms with Gasteiger partial charge < -0.3 is 19.9 Å². The quantitative estimate of drug-likeness (QED) is 0.573. The molecular weight excluding hydrogens is 369 g/mol. The standard InChI is InChI=1S/C19H18FN3O5/c1-12-3-2-9-23-17(12)22-16(15(18(23)24)19(25)26)21-8-10-27-13-4-6-14(7-5-13)28-11-20/h2-7,9,21H,8,10-11H2,1H3,(H,25,26). The zero-order chi connectivity index (χ0) is 20.1. The Kier molecular flexibility index (Phi) is 5.73. The first-order chi connectivity index (χ1) is 13.5. The van der Waals surface area contributed by atoms with Crippen molar-refractivity contribution < 1.29 is 23.8 Å². The van der Waals surface area contributed by atoms with Crippen molar-refractivity contribution in [2.45, 2.75) is 6.92 Å². The third kappa shape index (κ3) is 4.03. The fraction of sp³-hybridized carbons (Fsp3) is 0.211. The van der Waals surface area contributed by atoms with Gasteiger partial charge in [0.05, 0.1) is 6.54 Å². The van der Waals surface area contributed by atoms with Gasteiger partial charge in [-0.3, -0.25) is 9.20 Å². The number of hydrogen-bond donors (Lipinski definition) is 2. The van der Waals surface area contributed by atoms with Gasteiger partial charge in [-0.1, -0.05) is 6.07 Å². The number of fused-ring (bicyclic) bond motifs is 1. The summed E-state index contributed by atoms with van der Waals surface area (Å²) in [6.45, 7) is 1.29. The molecule has 2 aromatic heterocycles. The minimum absolute atomic E-state index is 0.0120. The highest BCUT2D eigenvalue weighted by molar-refractivity contribution is 5.93. The van der Waals surface area contributed by atoms with Gasteiger partial charge in [0.15, 0.2) is 5.56 Å². The number of carbonyl (C=O) groups is 1. The molecule has 2 heterocycles. The number of benzene rings is 1. The highest BCUT2D eigenvalue weighted by atomic mass is 19.1. The number of aromatic carboxylic acids is 1. The molecule has 0 bridgehead atoms. The van der Waals surface area contributed by atoms with Gasteiger partial charge in [0.2, 0.25) is 6.86 Å². The first kappa shape index (κ1) is 19.2. The molecule has 0 saturated heterocycles. The number of anilines is 1. The molecule has 0 atom stereocenters. The van der Waals surface area contributed by atoms with Crippen molar-refractivity contribution in [3.8, 4) is 11.5 Å². The number of rotatable bonds is 8. The predicted octanol–water partition coefficient (Wildman–Crippen LogP) is 2.50. The van der Waals surface area contributed by atoms with E-state index in [0.29, 0.717) is 17.1 Å². The minimum Gasteiger partial charge on any atom is -0.492 e. The van der Waals surface area contributed by atoms with Gasteiger partial charge in [0.25, 0.3) is 5.56 Å². The topological polar surface area (TPSA) is 102 Å². The van der Waals surface area contributed by atoms with E-state index in [2.05, 4.69) is 10.3 Å². The maximum atomic E-state index is 12.5. The van der Waals surface area contributed by atoms with Crippen LogP contribution in [0.1, 0.15) is 15.9 Å². The van der Waals surface area contributed by atoms with E-state index in [0.717, 1.165) is 5.56 Å². The van der Waals surface area contributed by atoms with Crippen LogP contribution in [0.5, 0.6) is 11.5 Å². The summed E-state index contributed by atoms with van der Waals surface area (Å²) in [7, 11) is 0. The van der Waals surface area contributed by atoms with E-state index in [4.69, 9.17) is 9.47 Å². The lowest BCUT2D eigenvalue weighted by Crippen LogP contribution is -2.27. The SMILES string of the molecule is Cc1cccn2c(=O)c(C(=O)O)c(NCCOc3ccc(OCF)cc3)nc12. The molecule has 0 aliphatic carbocycles. The molecular formula is C19H18FN3O5. The number of carboxylic acids is 1. The molecule has 0 fully saturated rings. The van der Waals surface area contributed by atoms with E-state index < -0.39 is 24.0 Å². The molecule has 0 unspecified atom stereocenters. The molecule has 0 radical (unpaired) electrons. The van der Waals surface area contributed by atoms with Gasteiger partial charge in [-0.2, -0.15) is 0 Å². The molecule has 146 valence electrons. The minimum atomic E-state index is -1.36. The monoisotopic (exact) mass is 387 g/mol. The van der Waals surface area contributed by atoms with E-state index >= 15 is 0 Å². The van der Waals surface area contributed by atoms with Crippen LogP contribution in [0.4, 0.5) is 10.2 Å². The van der Waals surface area contributed by atoms with E-state index in [1.807, 2.05) is 0 Å². The smallest absolute Gasteiger partial charge is 0.345 e. The van der Waals surface area contributed by atoms with Gasteiger partial charge in [-0.05, 0) is 42.8 Å². The van der Waals surface area contributed by atoms with Crippen LogP contribution in [-0.2, 0) is 0 Å². The van der Waals surface area contributed by atoms with Gasteiger partial charge in [0, 0.05) is 6.20 Å². The number of aromatic nitrogens is 2. The third-order valence-electron chi connectivity index (χ3n) is 3.97. The number of pyridine rings is 1. The molecule has 0 amide bonds. The van der Waals surface area contributed by atoms with Crippen LogP contribution in [0.15, 0.2) is 47.4 Å². The van der Waals surface area contributed by atoms with Gasteiger partial charge >= 0.3 is 5.97 Å². The summed E-state index contributed by atoms with van der Waals surface area (Å²) in [5, 5.41) is 12.3. The maximum absolute atomic E-state index is 12.5. The normalized spacial score (nSPS) is 10.6. The van der Waals surface area contributed by atoms with Crippen molar-refractivity contribution in [1.29, 1.82) is 0 Å². The number of nitrogens with one attached hydrogen (secondary N) is 1. The van der Waals surface area contributed by atoms with E-state index in [9.17, 15) is 19.1 Å². The van der Waals surface area contributed by atoms with Crippen LogP contribution in [0.2, 0.25) is 0 Å². The molecule has 3 rings (SSSR count). The van der Waals surface area contributed by atoms with Gasteiger partial charge in [0.1, 0.15) is 29.6 Å². The largest absolute Gasteiger partial charge is 0.492 e. The average Bonchev–Trinajstić information content (AvgIpc) is 2.67. The third-order valence-corrected chi connectivity index (χ3v) is 3.97. The molecule has 28 heavy (non-hydrogen) atoms. The molecule has 0 spiro atoms. The second-order valence-corrected chi connectivity index (χ2v) is 5.83. The van der Waals surface area contributed by atoms with Crippen molar-refractivity contribution in [3.05, 3.63) is 64.1 Å². The van der Waals surface area contributed by atoms with E-state index in [1.165, 1.54) is 10.6 Å². The zero-order valence-electron chi connectivity index (χ0n) is 15.0. The number of nitrogens with zero attached hydrogens (tertiary/aromatic N) is 2. The first-order valence-electron chi connectivity index (χ1n) is 8.42. The Hall–Kier alpha value is -3.62. The Bertz CT molecular complexity index is 1050. The summed E-state index contributed by atoms with van der Waals surface area (Å²) in [6, 6.07) is 9.82. The van der Waals surface area contributed by atoms with Crippen LogP contribution in [0.3, 0.4) is 0 Å². The molecule has 3 aromatic rings. The number of ether oxygens (including phenoxy) is 2.